The predicted octanol–water partition coefficient (Wildman–Crippen LogP) is 4.07. The molecule has 0 unspecified atom stereocenters. The third-order valence-corrected chi connectivity index (χ3v) is 11.3. The number of carbonyl (C=O) groups is 1. The van der Waals surface area contributed by atoms with Crippen LogP contribution in [-0.2, 0) is 19.6 Å². The highest BCUT2D eigenvalue weighted by Gasteiger charge is 2.49. The van der Waals surface area contributed by atoms with E-state index in [-0.39, 0.29) is 21.6 Å². The number of alkyl halides is 2. The molecule has 3 aromatic heterocycles. The summed E-state index contributed by atoms with van der Waals surface area (Å²) in [6, 6.07) is 1.65. The predicted molar refractivity (Wildman–Crippen MR) is 143 cm³/mol. The SMILES string of the molecule is C[C@@H]1OCC2(CCN(c3cc(S(=O)(=O)NC4(C)CC4)cn4c(-c5nnc(C(F)F)s5)c(C5CC5)nc34)CC2)C1=O. The fourth-order valence-electron chi connectivity index (χ4n) is 5.87. The van der Waals surface area contributed by atoms with Crippen LogP contribution in [0.15, 0.2) is 17.2 Å². The minimum absolute atomic E-state index is 0.0666. The number of anilines is 1. The van der Waals surface area contributed by atoms with Gasteiger partial charge in [-0.2, -0.15) is 0 Å². The van der Waals surface area contributed by atoms with Crippen molar-refractivity contribution in [3.05, 3.63) is 23.0 Å². The van der Waals surface area contributed by atoms with Crippen molar-refractivity contribution in [2.75, 3.05) is 24.6 Å². The second-order valence-corrected chi connectivity index (χ2v) is 14.6. The first-order valence-electron chi connectivity index (χ1n) is 13.6. The van der Waals surface area contributed by atoms with Gasteiger partial charge in [0.05, 0.1) is 23.4 Å². The Morgan fingerprint density at radius 1 is 1.18 bits per heavy atom. The van der Waals surface area contributed by atoms with Gasteiger partial charge in [-0.3, -0.25) is 9.20 Å². The summed E-state index contributed by atoms with van der Waals surface area (Å²) in [4.78, 5) is 20.0. The van der Waals surface area contributed by atoms with E-state index in [2.05, 4.69) is 19.8 Å². The lowest BCUT2D eigenvalue weighted by Gasteiger charge is -2.38. The van der Waals surface area contributed by atoms with Gasteiger partial charge in [0.2, 0.25) is 10.0 Å². The smallest absolute Gasteiger partial charge is 0.291 e. The molecule has 0 bridgehead atoms. The molecule has 0 amide bonds. The zero-order chi connectivity index (χ0) is 28.0. The van der Waals surface area contributed by atoms with Crippen LogP contribution in [0, 0.1) is 5.41 Å². The Hall–Kier alpha value is -2.55. The van der Waals surface area contributed by atoms with E-state index in [0.717, 1.165) is 42.7 Å². The molecule has 2 aliphatic carbocycles. The number of carbonyl (C=O) groups excluding carboxylic acids is 1. The number of sulfonamides is 1. The van der Waals surface area contributed by atoms with E-state index < -0.39 is 38.5 Å². The van der Waals surface area contributed by atoms with Gasteiger partial charge >= 0.3 is 0 Å². The molecule has 3 aromatic rings. The van der Waals surface area contributed by atoms with E-state index >= 15 is 0 Å². The topological polar surface area (TPSA) is 119 Å². The average Bonchev–Trinajstić information content (AvgIpc) is 3.77. The second-order valence-electron chi connectivity index (χ2n) is 11.9. The molecular weight excluding hydrogens is 562 g/mol. The van der Waals surface area contributed by atoms with Crippen molar-refractivity contribution in [2.45, 2.75) is 81.3 Å². The number of nitrogens with one attached hydrogen (secondary N) is 1. The Balaban J connectivity index is 1.36. The van der Waals surface area contributed by atoms with Crippen LogP contribution in [0.4, 0.5) is 14.5 Å². The number of piperidine rings is 1. The number of hydrogen-bond acceptors (Lipinski definition) is 9. The number of rotatable bonds is 7. The molecule has 0 aromatic carbocycles. The van der Waals surface area contributed by atoms with Gasteiger partial charge in [-0.05, 0) is 58.4 Å². The summed E-state index contributed by atoms with van der Waals surface area (Å²) in [6.07, 6.45) is 2.86. The normalized spacial score (nSPS) is 24.1. The van der Waals surface area contributed by atoms with Crippen LogP contribution in [0.3, 0.4) is 0 Å². The molecular formula is C26H30F2N6O4S2. The van der Waals surface area contributed by atoms with E-state index in [1.807, 2.05) is 6.92 Å². The number of ether oxygens (including phenoxy) is 1. The Morgan fingerprint density at radius 2 is 1.90 bits per heavy atom. The molecule has 2 aliphatic heterocycles. The van der Waals surface area contributed by atoms with Gasteiger partial charge in [0.1, 0.15) is 16.7 Å². The Morgan fingerprint density at radius 3 is 2.48 bits per heavy atom. The molecule has 10 nitrogen and oxygen atoms in total. The quantitative estimate of drug-likeness (QED) is 0.436. The van der Waals surface area contributed by atoms with E-state index in [9.17, 15) is 22.0 Å². The number of ketones is 1. The molecule has 5 heterocycles. The molecule has 2 saturated heterocycles. The second kappa shape index (κ2) is 8.97. The highest BCUT2D eigenvalue weighted by Crippen LogP contribution is 2.47. The van der Waals surface area contributed by atoms with Crippen molar-refractivity contribution in [3.63, 3.8) is 0 Å². The van der Waals surface area contributed by atoms with E-state index in [0.29, 0.717) is 49.6 Å². The Bertz CT molecular complexity index is 1620. The summed E-state index contributed by atoms with van der Waals surface area (Å²) in [5.74, 6) is 0.269. The summed E-state index contributed by atoms with van der Waals surface area (Å²) in [5, 5.41) is 7.65. The van der Waals surface area contributed by atoms with Gasteiger partial charge in [-0.1, -0.05) is 11.3 Å². The standard InChI is InChI=1S/C26H30F2N6O4S2/c1-14-20(35)26(13-38-14)7-9-33(10-8-26)17-11-16(40(36,37)32-25(2)5-6-25)12-34-19(18(15-3-4-15)29-22(17)34)23-30-31-24(39-23)21(27)28/h11-12,14-15,21,32H,3-10,13H2,1-2H3/t14-/m0/s1. The molecule has 2 saturated carbocycles. The maximum atomic E-state index is 13.6. The van der Waals surface area contributed by atoms with Crippen LogP contribution in [0.2, 0.25) is 0 Å². The highest BCUT2D eigenvalue weighted by molar-refractivity contribution is 7.89. The molecule has 214 valence electrons. The van der Waals surface area contributed by atoms with Crippen LogP contribution >= 0.6 is 11.3 Å². The van der Waals surface area contributed by atoms with Crippen molar-refractivity contribution in [2.24, 2.45) is 5.41 Å². The van der Waals surface area contributed by atoms with E-state index in [1.54, 1.807) is 17.4 Å². The van der Waals surface area contributed by atoms with Crippen molar-refractivity contribution in [3.8, 4) is 10.7 Å². The zero-order valence-electron chi connectivity index (χ0n) is 22.2. The number of hydrogen-bond donors (Lipinski definition) is 1. The van der Waals surface area contributed by atoms with Crippen LogP contribution in [0.5, 0.6) is 0 Å². The van der Waals surface area contributed by atoms with E-state index in [1.165, 1.54) is 6.20 Å². The van der Waals surface area contributed by atoms with Crippen LogP contribution in [0.1, 0.15) is 75.4 Å². The zero-order valence-corrected chi connectivity index (χ0v) is 23.8. The van der Waals surface area contributed by atoms with Gasteiger partial charge in [0.25, 0.3) is 6.43 Å². The molecule has 1 atom stereocenters. The molecule has 40 heavy (non-hydrogen) atoms. The number of fused-ring (bicyclic) bond motifs is 1. The van der Waals surface area contributed by atoms with Gasteiger partial charge < -0.3 is 9.64 Å². The maximum absolute atomic E-state index is 13.6. The largest absolute Gasteiger partial charge is 0.370 e. The average molecular weight is 593 g/mol. The van der Waals surface area contributed by atoms with Crippen molar-refractivity contribution >= 4 is 38.5 Å². The third kappa shape index (κ3) is 4.34. The Labute approximate surface area is 234 Å². The Kier molecular flexibility index (Phi) is 5.91. The number of nitrogens with zero attached hydrogens (tertiary/aromatic N) is 5. The van der Waals surface area contributed by atoms with Gasteiger partial charge in [0, 0.05) is 30.7 Å². The minimum Gasteiger partial charge on any atom is -0.370 e. The molecule has 14 heteroatoms. The van der Waals surface area contributed by atoms with Gasteiger partial charge in [-0.15, -0.1) is 10.2 Å². The molecule has 7 rings (SSSR count). The molecule has 4 fully saturated rings. The monoisotopic (exact) mass is 592 g/mol. The summed E-state index contributed by atoms with van der Waals surface area (Å²) >= 11 is 0.798. The summed E-state index contributed by atoms with van der Waals surface area (Å²) < 4.78 is 64.2. The first kappa shape index (κ1) is 26.4. The van der Waals surface area contributed by atoms with E-state index in [4.69, 9.17) is 9.72 Å². The van der Waals surface area contributed by atoms with Crippen molar-refractivity contribution in [1.82, 2.24) is 24.3 Å². The van der Waals surface area contributed by atoms with Crippen LogP contribution in [0.25, 0.3) is 16.3 Å². The number of pyridine rings is 1. The number of aromatic nitrogens is 4. The highest BCUT2D eigenvalue weighted by atomic mass is 32.2. The number of Topliss-reactive ketones (excluding diaryl/α,β-unsaturated/α-hetero) is 1. The first-order chi connectivity index (χ1) is 19.0. The lowest BCUT2D eigenvalue weighted by atomic mass is 9.75. The summed E-state index contributed by atoms with van der Waals surface area (Å²) in [5.41, 5.74) is 1.41. The minimum atomic E-state index is -3.90. The van der Waals surface area contributed by atoms with Gasteiger partial charge in [-0.25, -0.2) is 26.9 Å². The van der Waals surface area contributed by atoms with Crippen LogP contribution < -0.4 is 9.62 Å². The molecule has 0 radical (unpaired) electrons. The third-order valence-electron chi connectivity index (χ3n) is 8.75. The van der Waals surface area contributed by atoms with Gasteiger partial charge in [0.15, 0.2) is 21.4 Å². The maximum Gasteiger partial charge on any atom is 0.291 e. The van der Waals surface area contributed by atoms with Crippen molar-refractivity contribution in [1.29, 1.82) is 0 Å². The summed E-state index contributed by atoms with van der Waals surface area (Å²) in [6.45, 7) is 5.11. The van der Waals surface area contributed by atoms with Crippen LogP contribution in [-0.4, -0.2) is 65.1 Å². The molecule has 1 spiro atoms. The van der Waals surface area contributed by atoms with Crippen molar-refractivity contribution < 1.29 is 26.7 Å². The fraction of sp³-hybridized carbons (Fsp3) is 0.615. The fourth-order valence-corrected chi connectivity index (χ4v) is 8.11. The number of halogens is 2. The first-order valence-corrected chi connectivity index (χ1v) is 15.9. The molecule has 1 N–H and O–H groups in total. The number of imidazole rings is 1. The summed E-state index contributed by atoms with van der Waals surface area (Å²) in [7, 11) is -3.90. The molecule has 4 aliphatic rings. The lowest BCUT2D eigenvalue weighted by Crippen LogP contribution is -2.45. The lowest BCUT2D eigenvalue weighted by molar-refractivity contribution is -0.128.